The predicted molar refractivity (Wildman–Crippen MR) is 97.7 cm³/mol. The number of hydrogen-bond acceptors (Lipinski definition) is 6. The Kier molecular flexibility index (Phi) is 5.57. The first-order chi connectivity index (χ1) is 12.2. The van der Waals surface area contributed by atoms with Crippen LogP contribution in [-0.2, 0) is 11.3 Å². The van der Waals surface area contributed by atoms with Crippen molar-refractivity contribution in [1.29, 1.82) is 0 Å². The third-order valence-electron chi connectivity index (χ3n) is 4.66. The molecule has 7 nitrogen and oxygen atoms in total. The molecule has 0 saturated heterocycles. The molecule has 1 heterocycles. The highest BCUT2D eigenvalue weighted by Gasteiger charge is 2.26. The van der Waals surface area contributed by atoms with Crippen LogP contribution in [0.4, 0.5) is 11.4 Å². The van der Waals surface area contributed by atoms with E-state index >= 15 is 0 Å². The lowest BCUT2D eigenvalue weighted by atomic mass is 9.79. The van der Waals surface area contributed by atoms with Crippen LogP contribution >= 0.6 is 0 Å². The second kappa shape index (κ2) is 8.04. The Morgan fingerprint density at radius 2 is 2.08 bits per heavy atom. The summed E-state index contributed by atoms with van der Waals surface area (Å²) in [5.41, 5.74) is 11.5. The second-order valence-electron chi connectivity index (χ2n) is 6.34. The van der Waals surface area contributed by atoms with Crippen LogP contribution in [0.1, 0.15) is 36.5 Å². The molecule has 0 radical (unpaired) electrons. The number of para-hydroxylation sites is 1. The molecule has 1 aliphatic carbocycles. The molecule has 1 saturated carbocycles. The molecular weight excluding hydrogens is 318 g/mol. The lowest BCUT2D eigenvalue weighted by Gasteiger charge is -2.34. The van der Waals surface area contributed by atoms with Gasteiger partial charge in [0, 0.05) is 14.1 Å². The number of nitrogens with zero attached hydrogens (tertiary/aromatic N) is 2. The van der Waals surface area contributed by atoms with E-state index in [0.29, 0.717) is 18.9 Å². The summed E-state index contributed by atoms with van der Waals surface area (Å²) in [4.78, 5) is 12.6. The van der Waals surface area contributed by atoms with Gasteiger partial charge < -0.3 is 9.32 Å². The lowest BCUT2D eigenvalue weighted by molar-refractivity contribution is -0.110. The number of nitrogens with one attached hydrogen (secondary N) is 3. The quantitative estimate of drug-likeness (QED) is 0.369. The number of rotatable bonds is 9. The Labute approximate surface area is 147 Å². The van der Waals surface area contributed by atoms with Crippen molar-refractivity contribution in [2.75, 3.05) is 24.0 Å². The molecule has 1 amide bonds. The Hall–Kier alpha value is -2.51. The SMILES string of the molecule is CN(Cc1ccco1)c1c(C2CCC2)cccc1N(C)NNNC=O. The zero-order chi connectivity index (χ0) is 17.6. The van der Waals surface area contributed by atoms with Gasteiger partial charge in [-0.3, -0.25) is 15.2 Å². The largest absolute Gasteiger partial charge is 0.467 e. The van der Waals surface area contributed by atoms with Crippen molar-refractivity contribution in [2.24, 2.45) is 0 Å². The molecule has 3 N–H and O–H groups in total. The Morgan fingerprint density at radius 3 is 2.72 bits per heavy atom. The fourth-order valence-electron chi connectivity index (χ4n) is 3.21. The summed E-state index contributed by atoms with van der Waals surface area (Å²) in [5, 5.41) is 1.85. The molecule has 1 fully saturated rings. The van der Waals surface area contributed by atoms with Gasteiger partial charge in [0.15, 0.2) is 0 Å². The lowest BCUT2D eigenvalue weighted by Crippen LogP contribution is -2.51. The zero-order valence-corrected chi connectivity index (χ0v) is 14.7. The molecule has 0 bridgehead atoms. The third-order valence-corrected chi connectivity index (χ3v) is 4.66. The number of benzene rings is 1. The van der Waals surface area contributed by atoms with Gasteiger partial charge in [-0.25, -0.2) is 0 Å². The number of carbonyl (C=O) groups excluding carboxylic acids is 1. The van der Waals surface area contributed by atoms with Crippen molar-refractivity contribution in [3.8, 4) is 0 Å². The van der Waals surface area contributed by atoms with Crippen LogP contribution in [0.15, 0.2) is 41.0 Å². The summed E-state index contributed by atoms with van der Waals surface area (Å²) in [6.45, 7) is 0.692. The van der Waals surface area contributed by atoms with Gasteiger partial charge in [-0.1, -0.05) is 18.6 Å². The van der Waals surface area contributed by atoms with E-state index in [1.54, 1.807) is 6.26 Å². The van der Waals surface area contributed by atoms with E-state index in [2.05, 4.69) is 46.6 Å². The highest BCUT2D eigenvalue weighted by molar-refractivity contribution is 5.75. The van der Waals surface area contributed by atoms with Gasteiger partial charge in [-0.05, 0) is 42.5 Å². The van der Waals surface area contributed by atoms with E-state index in [-0.39, 0.29) is 0 Å². The number of amides is 1. The Morgan fingerprint density at radius 1 is 1.24 bits per heavy atom. The van der Waals surface area contributed by atoms with Crippen LogP contribution in [-0.4, -0.2) is 20.5 Å². The first kappa shape index (κ1) is 17.3. The molecule has 134 valence electrons. The monoisotopic (exact) mass is 343 g/mol. The maximum Gasteiger partial charge on any atom is 0.222 e. The fraction of sp³-hybridized carbons (Fsp3) is 0.389. The highest BCUT2D eigenvalue weighted by Crippen LogP contribution is 2.44. The first-order valence-electron chi connectivity index (χ1n) is 8.50. The second-order valence-corrected chi connectivity index (χ2v) is 6.34. The summed E-state index contributed by atoms with van der Waals surface area (Å²) in [5.74, 6) is 1.52. The summed E-state index contributed by atoms with van der Waals surface area (Å²) < 4.78 is 5.51. The predicted octanol–water partition coefficient (Wildman–Crippen LogP) is 2.29. The fourth-order valence-corrected chi connectivity index (χ4v) is 3.21. The standard InChI is InChI=1S/C18H25N5O2/c1-22(12-15-8-5-11-25-15)18-16(14-6-3-7-14)9-4-10-17(18)23(2)21-20-19-13-24/h4-5,8-11,13-14,20-21H,3,6-7,12H2,1-2H3,(H,19,24). The van der Waals surface area contributed by atoms with Crippen LogP contribution in [0.2, 0.25) is 0 Å². The number of furan rings is 1. The van der Waals surface area contributed by atoms with Gasteiger partial charge in [-0.2, -0.15) is 11.1 Å². The molecule has 1 aliphatic rings. The minimum atomic E-state index is 0.579. The van der Waals surface area contributed by atoms with Crippen molar-refractivity contribution in [1.82, 2.24) is 16.5 Å². The number of hydrogen-bond donors (Lipinski definition) is 3. The minimum Gasteiger partial charge on any atom is -0.467 e. The average molecular weight is 343 g/mol. The molecule has 0 aliphatic heterocycles. The van der Waals surface area contributed by atoms with E-state index in [9.17, 15) is 4.79 Å². The van der Waals surface area contributed by atoms with Gasteiger partial charge in [-0.15, -0.1) is 0 Å². The van der Waals surface area contributed by atoms with Gasteiger partial charge >= 0.3 is 0 Å². The summed E-state index contributed by atoms with van der Waals surface area (Å²) in [6, 6.07) is 10.3. The van der Waals surface area contributed by atoms with Crippen molar-refractivity contribution in [3.63, 3.8) is 0 Å². The van der Waals surface area contributed by atoms with E-state index in [1.165, 1.54) is 30.5 Å². The molecule has 0 spiro atoms. The van der Waals surface area contributed by atoms with Crippen LogP contribution in [0.5, 0.6) is 0 Å². The minimum absolute atomic E-state index is 0.579. The van der Waals surface area contributed by atoms with E-state index in [0.717, 1.165) is 11.4 Å². The molecular formula is C18H25N5O2. The van der Waals surface area contributed by atoms with Crippen LogP contribution in [0, 0.1) is 0 Å². The van der Waals surface area contributed by atoms with Crippen molar-refractivity contribution >= 4 is 17.8 Å². The molecule has 2 aromatic rings. The molecule has 7 heteroatoms. The van der Waals surface area contributed by atoms with Gasteiger partial charge in [0.25, 0.3) is 0 Å². The van der Waals surface area contributed by atoms with E-state index < -0.39 is 0 Å². The van der Waals surface area contributed by atoms with Crippen LogP contribution in [0.25, 0.3) is 0 Å². The molecule has 1 aromatic heterocycles. The van der Waals surface area contributed by atoms with Gasteiger partial charge in [0.05, 0.1) is 24.2 Å². The first-order valence-corrected chi connectivity index (χ1v) is 8.50. The number of anilines is 2. The Bertz CT molecular complexity index is 685. The zero-order valence-electron chi connectivity index (χ0n) is 14.7. The highest BCUT2D eigenvalue weighted by atomic mass is 16.3. The average Bonchev–Trinajstić information content (AvgIpc) is 3.06. The van der Waals surface area contributed by atoms with Crippen molar-refractivity contribution in [3.05, 3.63) is 47.9 Å². The normalized spacial score (nSPS) is 14.0. The maximum atomic E-state index is 10.4. The number of carbonyl (C=O) groups is 1. The van der Waals surface area contributed by atoms with E-state index in [4.69, 9.17) is 4.42 Å². The third kappa shape index (κ3) is 3.94. The molecule has 25 heavy (non-hydrogen) atoms. The molecule has 0 atom stereocenters. The van der Waals surface area contributed by atoms with Gasteiger partial charge in [0.2, 0.25) is 6.41 Å². The van der Waals surface area contributed by atoms with Gasteiger partial charge in [0.1, 0.15) is 5.76 Å². The van der Waals surface area contributed by atoms with Crippen molar-refractivity contribution < 1.29 is 9.21 Å². The molecule has 1 aromatic carbocycles. The maximum absolute atomic E-state index is 10.4. The summed E-state index contributed by atoms with van der Waals surface area (Å²) >= 11 is 0. The van der Waals surface area contributed by atoms with Crippen LogP contribution in [0.3, 0.4) is 0 Å². The van der Waals surface area contributed by atoms with Crippen LogP contribution < -0.4 is 26.4 Å². The summed E-state index contributed by atoms with van der Waals surface area (Å²) in [6.07, 6.45) is 6.02. The summed E-state index contributed by atoms with van der Waals surface area (Å²) in [7, 11) is 3.98. The molecule has 0 unspecified atom stereocenters. The number of hydrazine groups is 3. The Balaban J connectivity index is 1.88. The topological polar surface area (TPSA) is 72.8 Å². The molecule has 3 rings (SSSR count). The smallest absolute Gasteiger partial charge is 0.222 e. The van der Waals surface area contributed by atoms with Crippen molar-refractivity contribution in [2.45, 2.75) is 31.7 Å². The van der Waals surface area contributed by atoms with E-state index in [1.807, 2.05) is 24.2 Å².